The van der Waals surface area contributed by atoms with Gasteiger partial charge in [-0.05, 0) is 48.4 Å². The van der Waals surface area contributed by atoms with Crippen molar-refractivity contribution in [3.8, 4) is 11.5 Å². The van der Waals surface area contributed by atoms with Crippen LogP contribution in [0, 0.1) is 5.41 Å². The number of alkyl carbamates (subject to hydrolysis) is 1. The Bertz CT molecular complexity index is 916. The lowest BCUT2D eigenvalue weighted by Crippen LogP contribution is -2.54. The second kappa shape index (κ2) is 11.8. The van der Waals surface area contributed by atoms with Crippen molar-refractivity contribution < 1.29 is 29.2 Å². The number of hydrogen-bond donors (Lipinski definition) is 3. The van der Waals surface area contributed by atoms with Crippen LogP contribution in [0.2, 0.25) is 10.0 Å². The third-order valence-electron chi connectivity index (χ3n) is 4.98. The molecule has 0 aliphatic rings. The van der Waals surface area contributed by atoms with Crippen LogP contribution in [0.15, 0.2) is 42.5 Å². The molecule has 33 heavy (non-hydrogen) atoms. The van der Waals surface area contributed by atoms with E-state index in [1.54, 1.807) is 43.5 Å². The molecule has 0 bridgehead atoms. The summed E-state index contributed by atoms with van der Waals surface area (Å²) in [5.74, 6) is 1.17. The molecule has 0 aliphatic heterocycles. The van der Waals surface area contributed by atoms with Crippen LogP contribution in [0.3, 0.4) is 0 Å². The Kier molecular flexibility index (Phi) is 9.67. The van der Waals surface area contributed by atoms with Crippen molar-refractivity contribution in [1.82, 2.24) is 5.32 Å². The molecule has 0 spiro atoms. The highest BCUT2D eigenvalue weighted by Gasteiger charge is 2.48. The van der Waals surface area contributed by atoms with Crippen molar-refractivity contribution in [2.45, 2.75) is 38.9 Å². The summed E-state index contributed by atoms with van der Waals surface area (Å²) in [6.45, 7) is 5.50. The second-order valence-electron chi connectivity index (χ2n) is 8.67. The summed E-state index contributed by atoms with van der Waals surface area (Å²) in [6.07, 6.45) is -1.20. The van der Waals surface area contributed by atoms with Crippen LogP contribution in [-0.2, 0) is 10.3 Å². The van der Waals surface area contributed by atoms with E-state index in [2.05, 4.69) is 5.32 Å². The van der Waals surface area contributed by atoms with Gasteiger partial charge in [0.2, 0.25) is 0 Å². The van der Waals surface area contributed by atoms with E-state index in [1.165, 1.54) is 6.07 Å². The van der Waals surface area contributed by atoms with Gasteiger partial charge in [0.1, 0.15) is 24.2 Å². The van der Waals surface area contributed by atoms with E-state index in [-0.39, 0.29) is 18.2 Å². The molecule has 2 unspecified atom stereocenters. The Morgan fingerprint density at radius 3 is 2.24 bits per heavy atom. The minimum atomic E-state index is -1.78. The normalized spacial score (nSPS) is 14.2. The lowest BCUT2D eigenvalue weighted by Gasteiger charge is -2.43. The van der Waals surface area contributed by atoms with Gasteiger partial charge in [-0.3, -0.25) is 0 Å². The summed E-state index contributed by atoms with van der Waals surface area (Å²) < 4.78 is 16.8. The van der Waals surface area contributed by atoms with Gasteiger partial charge < -0.3 is 29.7 Å². The van der Waals surface area contributed by atoms with E-state index in [0.29, 0.717) is 28.5 Å². The number of methoxy groups -OCH3 is 1. The van der Waals surface area contributed by atoms with Crippen molar-refractivity contribution in [3.05, 3.63) is 58.1 Å². The Morgan fingerprint density at radius 2 is 1.70 bits per heavy atom. The van der Waals surface area contributed by atoms with Crippen LogP contribution in [0.5, 0.6) is 11.5 Å². The second-order valence-corrected chi connectivity index (χ2v) is 9.49. The molecule has 7 nitrogen and oxygen atoms in total. The number of carbonyl (C=O) groups excluding carboxylic acids is 1. The maximum Gasteiger partial charge on any atom is 0.407 e. The number of rotatable bonds is 10. The highest BCUT2D eigenvalue weighted by atomic mass is 35.5. The zero-order chi connectivity index (χ0) is 24.6. The first-order chi connectivity index (χ1) is 15.5. The highest BCUT2D eigenvalue weighted by molar-refractivity contribution is 6.42. The van der Waals surface area contributed by atoms with E-state index in [0.717, 1.165) is 0 Å². The fourth-order valence-electron chi connectivity index (χ4n) is 3.35. The number of halogens is 2. The van der Waals surface area contributed by atoms with Gasteiger partial charge in [-0.2, -0.15) is 0 Å². The molecule has 2 rings (SSSR count). The van der Waals surface area contributed by atoms with E-state index < -0.39 is 29.8 Å². The average Bonchev–Trinajstić information content (AvgIpc) is 2.77. The number of benzene rings is 2. The number of aliphatic hydroxyl groups is 2. The summed E-state index contributed by atoms with van der Waals surface area (Å²) in [5.41, 5.74) is -1.99. The highest BCUT2D eigenvalue weighted by Crippen LogP contribution is 2.40. The van der Waals surface area contributed by atoms with Crippen LogP contribution in [0.4, 0.5) is 4.79 Å². The maximum atomic E-state index is 12.2. The topological polar surface area (TPSA) is 97.3 Å². The molecule has 0 saturated heterocycles. The number of aliphatic hydroxyl groups excluding tert-OH is 1. The van der Waals surface area contributed by atoms with Crippen LogP contribution in [0.25, 0.3) is 0 Å². The third-order valence-corrected chi connectivity index (χ3v) is 5.72. The van der Waals surface area contributed by atoms with Gasteiger partial charge in [0.25, 0.3) is 0 Å². The van der Waals surface area contributed by atoms with Crippen LogP contribution in [-0.4, -0.2) is 49.3 Å². The Hall–Kier alpha value is -2.19. The van der Waals surface area contributed by atoms with E-state index in [1.807, 2.05) is 20.8 Å². The molecular formula is C24H31Cl2NO6. The third kappa shape index (κ3) is 7.40. The lowest BCUT2D eigenvalue weighted by atomic mass is 9.75. The summed E-state index contributed by atoms with van der Waals surface area (Å²) in [4.78, 5) is 12.2. The number of nitrogens with one attached hydrogen (secondary N) is 1. The SMILES string of the molecule is COc1ccc(OC(C(C)(C)C)C(O)(COC(=O)NCCCO)c2ccc(Cl)c(Cl)c2)cc1. The van der Waals surface area contributed by atoms with Crippen molar-refractivity contribution in [2.75, 3.05) is 26.9 Å². The minimum Gasteiger partial charge on any atom is -0.497 e. The Morgan fingerprint density at radius 1 is 1.06 bits per heavy atom. The molecule has 0 heterocycles. The van der Waals surface area contributed by atoms with Gasteiger partial charge >= 0.3 is 6.09 Å². The van der Waals surface area contributed by atoms with Gasteiger partial charge in [0.05, 0.1) is 17.2 Å². The van der Waals surface area contributed by atoms with E-state index in [4.69, 9.17) is 42.5 Å². The van der Waals surface area contributed by atoms with Gasteiger partial charge in [-0.1, -0.05) is 50.0 Å². The molecule has 2 atom stereocenters. The zero-order valence-corrected chi connectivity index (χ0v) is 20.7. The quantitative estimate of drug-likeness (QED) is 0.406. The molecule has 1 amide bonds. The van der Waals surface area contributed by atoms with E-state index >= 15 is 0 Å². The molecular weight excluding hydrogens is 469 g/mol. The van der Waals surface area contributed by atoms with Crippen LogP contribution in [0.1, 0.15) is 32.8 Å². The first-order valence-corrected chi connectivity index (χ1v) is 11.3. The Balaban J connectivity index is 2.43. The van der Waals surface area contributed by atoms with Crippen molar-refractivity contribution in [2.24, 2.45) is 5.41 Å². The van der Waals surface area contributed by atoms with Gasteiger partial charge in [0, 0.05) is 18.6 Å². The number of carbonyl (C=O) groups is 1. The molecule has 9 heteroatoms. The first-order valence-electron chi connectivity index (χ1n) is 10.5. The molecule has 2 aromatic carbocycles. The summed E-state index contributed by atoms with van der Waals surface area (Å²) >= 11 is 12.3. The first kappa shape index (κ1) is 27.1. The monoisotopic (exact) mass is 499 g/mol. The summed E-state index contributed by atoms with van der Waals surface area (Å²) in [5, 5.41) is 24.0. The predicted octanol–water partition coefficient (Wildman–Crippen LogP) is 4.79. The Labute approximate surface area is 204 Å². The largest absolute Gasteiger partial charge is 0.497 e. The molecule has 3 N–H and O–H groups in total. The smallest absolute Gasteiger partial charge is 0.407 e. The van der Waals surface area contributed by atoms with E-state index in [9.17, 15) is 9.90 Å². The fraction of sp³-hybridized carbons (Fsp3) is 0.458. The summed E-state index contributed by atoms with van der Waals surface area (Å²) in [7, 11) is 1.57. The van der Waals surface area contributed by atoms with Gasteiger partial charge in [-0.25, -0.2) is 4.79 Å². The van der Waals surface area contributed by atoms with Crippen molar-refractivity contribution in [3.63, 3.8) is 0 Å². The predicted molar refractivity (Wildman–Crippen MR) is 128 cm³/mol. The standard InChI is InChI=1S/C24H31Cl2NO6/c1-23(2,3)21(33-18-9-7-17(31-4)8-10-18)24(30,15-32-22(29)27-12-5-13-28)16-6-11-19(25)20(26)14-16/h6-11,14,21,28,30H,5,12-13,15H2,1-4H3,(H,27,29). The minimum absolute atomic E-state index is 0.0602. The van der Waals surface area contributed by atoms with Gasteiger partial charge in [0.15, 0.2) is 5.60 Å². The molecule has 0 aliphatic carbocycles. The van der Waals surface area contributed by atoms with Crippen molar-refractivity contribution in [1.29, 1.82) is 0 Å². The molecule has 0 saturated carbocycles. The van der Waals surface area contributed by atoms with Crippen LogP contribution < -0.4 is 14.8 Å². The maximum absolute atomic E-state index is 12.2. The molecule has 0 fully saturated rings. The van der Waals surface area contributed by atoms with Crippen molar-refractivity contribution >= 4 is 29.3 Å². The number of amides is 1. The molecule has 2 aromatic rings. The summed E-state index contributed by atoms with van der Waals surface area (Å²) in [6, 6.07) is 11.7. The number of ether oxygens (including phenoxy) is 3. The average molecular weight is 500 g/mol. The zero-order valence-electron chi connectivity index (χ0n) is 19.2. The molecule has 182 valence electrons. The molecule has 0 aromatic heterocycles. The van der Waals surface area contributed by atoms with Crippen LogP contribution >= 0.6 is 23.2 Å². The number of hydrogen-bond acceptors (Lipinski definition) is 6. The van der Waals surface area contributed by atoms with Gasteiger partial charge in [-0.15, -0.1) is 0 Å². The molecule has 0 radical (unpaired) electrons. The fourth-order valence-corrected chi connectivity index (χ4v) is 3.65. The lowest BCUT2D eigenvalue weighted by molar-refractivity contribution is -0.138.